The topological polar surface area (TPSA) is 32.3 Å². The van der Waals surface area contributed by atoms with Crippen LogP contribution < -0.4 is 5.32 Å². The third kappa shape index (κ3) is 4.65. The molecule has 1 saturated carbocycles. The van der Waals surface area contributed by atoms with Crippen LogP contribution in [0.3, 0.4) is 0 Å². The summed E-state index contributed by atoms with van der Waals surface area (Å²) in [5.74, 6) is 1.20. The molecule has 1 fully saturated rings. The first kappa shape index (κ1) is 12.5. The van der Waals surface area contributed by atoms with E-state index >= 15 is 0 Å². The minimum atomic E-state index is 0.296. The summed E-state index contributed by atoms with van der Waals surface area (Å²) < 4.78 is 0. The third-order valence-electron chi connectivity index (χ3n) is 3.34. The van der Waals surface area contributed by atoms with E-state index in [0.717, 1.165) is 25.4 Å². The molecule has 0 spiro atoms. The molecule has 1 N–H and O–H groups in total. The number of nitrogens with zero attached hydrogens (tertiary/aromatic N) is 1. The van der Waals surface area contributed by atoms with Crippen molar-refractivity contribution in [2.24, 2.45) is 5.92 Å². The van der Waals surface area contributed by atoms with Gasteiger partial charge in [-0.3, -0.25) is 4.79 Å². The molecule has 3 heteroatoms. The van der Waals surface area contributed by atoms with Crippen molar-refractivity contribution in [2.75, 3.05) is 27.2 Å². The highest BCUT2D eigenvalue weighted by Gasteiger charge is 2.18. The van der Waals surface area contributed by atoms with Gasteiger partial charge >= 0.3 is 0 Å². The van der Waals surface area contributed by atoms with Gasteiger partial charge in [-0.15, -0.1) is 0 Å². The quantitative estimate of drug-likeness (QED) is 0.651. The highest BCUT2D eigenvalue weighted by molar-refractivity contribution is 5.75. The molecule has 0 aromatic carbocycles. The zero-order valence-electron chi connectivity index (χ0n) is 10.1. The van der Waals surface area contributed by atoms with Gasteiger partial charge in [-0.1, -0.05) is 19.3 Å². The normalized spacial score (nSPS) is 16.1. The van der Waals surface area contributed by atoms with Crippen LogP contribution >= 0.6 is 0 Å². The zero-order valence-corrected chi connectivity index (χ0v) is 10.1. The number of nitrogens with one attached hydrogen (secondary N) is 1. The molecule has 0 aromatic rings. The zero-order chi connectivity index (χ0) is 11.1. The van der Waals surface area contributed by atoms with Gasteiger partial charge in [-0.2, -0.15) is 0 Å². The number of rotatable bonds is 7. The Morgan fingerprint density at radius 1 is 1.47 bits per heavy atom. The molecule has 0 bridgehead atoms. The highest BCUT2D eigenvalue weighted by Crippen LogP contribution is 2.29. The predicted molar refractivity (Wildman–Crippen MR) is 62.8 cm³/mol. The minimum absolute atomic E-state index is 0.296. The van der Waals surface area contributed by atoms with E-state index in [4.69, 9.17) is 0 Å². The highest BCUT2D eigenvalue weighted by atomic mass is 16.2. The number of amides is 1. The average molecular weight is 212 g/mol. The maximum Gasteiger partial charge on any atom is 0.222 e. The summed E-state index contributed by atoms with van der Waals surface area (Å²) in [5.41, 5.74) is 0. The first-order valence-corrected chi connectivity index (χ1v) is 6.12. The Hall–Kier alpha value is -0.570. The Morgan fingerprint density at radius 2 is 2.20 bits per heavy atom. The molecule has 0 heterocycles. The van der Waals surface area contributed by atoms with Crippen LogP contribution in [0.4, 0.5) is 0 Å². The molecule has 0 unspecified atom stereocenters. The molecule has 88 valence electrons. The second-order valence-electron chi connectivity index (χ2n) is 4.61. The Morgan fingerprint density at radius 3 is 2.73 bits per heavy atom. The van der Waals surface area contributed by atoms with Crippen molar-refractivity contribution < 1.29 is 4.79 Å². The van der Waals surface area contributed by atoms with Gasteiger partial charge in [0.1, 0.15) is 0 Å². The second kappa shape index (κ2) is 6.83. The van der Waals surface area contributed by atoms with Crippen molar-refractivity contribution in [1.82, 2.24) is 10.2 Å². The van der Waals surface area contributed by atoms with E-state index in [1.165, 1.54) is 25.7 Å². The van der Waals surface area contributed by atoms with E-state index in [-0.39, 0.29) is 0 Å². The van der Waals surface area contributed by atoms with E-state index in [1.807, 2.05) is 19.0 Å². The standard InChI is InChI=1S/C12H24N2O/c1-13-9-4-7-12(15)14(2)10-8-11-5-3-6-11/h11,13H,3-10H2,1-2H3. The summed E-state index contributed by atoms with van der Waals surface area (Å²) in [6.45, 7) is 1.88. The van der Waals surface area contributed by atoms with E-state index in [9.17, 15) is 4.79 Å². The maximum absolute atomic E-state index is 11.6. The van der Waals surface area contributed by atoms with Crippen LogP contribution in [-0.4, -0.2) is 38.0 Å². The number of hydrogen-bond donors (Lipinski definition) is 1. The van der Waals surface area contributed by atoms with Gasteiger partial charge in [0.25, 0.3) is 0 Å². The molecule has 0 aliphatic heterocycles. The smallest absolute Gasteiger partial charge is 0.222 e. The van der Waals surface area contributed by atoms with Gasteiger partial charge in [0.15, 0.2) is 0 Å². The summed E-state index contributed by atoms with van der Waals surface area (Å²) in [6.07, 6.45) is 6.98. The Bertz CT molecular complexity index is 190. The number of carbonyl (C=O) groups excluding carboxylic acids is 1. The largest absolute Gasteiger partial charge is 0.346 e. The fraction of sp³-hybridized carbons (Fsp3) is 0.917. The first-order chi connectivity index (χ1) is 7.24. The van der Waals surface area contributed by atoms with E-state index in [2.05, 4.69) is 5.32 Å². The molecular weight excluding hydrogens is 188 g/mol. The van der Waals surface area contributed by atoms with Gasteiger partial charge in [-0.25, -0.2) is 0 Å². The van der Waals surface area contributed by atoms with Crippen molar-refractivity contribution in [1.29, 1.82) is 0 Å². The molecule has 0 radical (unpaired) electrons. The number of carbonyl (C=O) groups is 1. The van der Waals surface area contributed by atoms with Gasteiger partial charge in [0.05, 0.1) is 0 Å². The lowest BCUT2D eigenvalue weighted by Crippen LogP contribution is -2.30. The van der Waals surface area contributed by atoms with Crippen molar-refractivity contribution in [3.8, 4) is 0 Å². The summed E-state index contributed by atoms with van der Waals surface area (Å²) in [6, 6.07) is 0. The second-order valence-corrected chi connectivity index (χ2v) is 4.61. The van der Waals surface area contributed by atoms with Crippen LogP contribution in [0.15, 0.2) is 0 Å². The molecule has 0 aromatic heterocycles. The van der Waals surface area contributed by atoms with Crippen molar-refractivity contribution >= 4 is 5.91 Å². The van der Waals surface area contributed by atoms with Crippen LogP contribution in [0, 0.1) is 5.92 Å². The summed E-state index contributed by atoms with van der Waals surface area (Å²) in [5, 5.41) is 3.06. The SMILES string of the molecule is CNCCCC(=O)N(C)CCC1CCC1. The fourth-order valence-electron chi connectivity index (χ4n) is 1.89. The molecule has 0 atom stereocenters. The predicted octanol–water partition coefficient (Wildman–Crippen LogP) is 1.63. The molecule has 1 amide bonds. The lowest BCUT2D eigenvalue weighted by molar-refractivity contribution is -0.130. The first-order valence-electron chi connectivity index (χ1n) is 6.12. The van der Waals surface area contributed by atoms with Crippen molar-refractivity contribution in [2.45, 2.75) is 38.5 Å². The average Bonchev–Trinajstić information content (AvgIpc) is 2.15. The lowest BCUT2D eigenvalue weighted by atomic mass is 9.83. The fourth-order valence-corrected chi connectivity index (χ4v) is 1.89. The number of hydrogen-bond acceptors (Lipinski definition) is 2. The summed E-state index contributed by atoms with van der Waals surface area (Å²) in [7, 11) is 3.85. The Labute approximate surface area is 93.2 Å². The molecule has 1 aliphatic carbocycles. The van der Waals surface area contributed by atoms with E-state index < -0.39 is 0 Å². The Balaban J connectivity index is 2.03. The Kier molecular flexibility index (Phi) is 5.69. The lowest BCUT2D eigenvalue weighted by Gasteiger charge is -2.27. The van der Waals surface area contributed by atoms with Crippen LogP contribution in [0.1, 0.15) is 38.5 Å². The summed E-state index contributed by atoms with van der Waals surface area (Å²) in [4.78, 5) is 13.5. The van der Waals surface area contributed by atoms with Crippen LogP contribution in [0.5, 0.6) is 0 Å². The molecule has 1 rings (SSSR count). The van der Waals surface area contributed by atoms with Gasteiger partial charge in [0, 0.05) is 20.0 Å². The molecule has 15 heavy (non-hydrogen) atoms. The van der Waals surface area contributed by atoms with Crippen molar-refractivity contribution in [3.63, 3.8) is 0 Å². The van der Waals surface area contributed by atoms with Gasteiger partial charge in [0.2, 0.25) is 5.91 Å². The van der Waals surface area contributed by atoms with Gasteiger partial charge in [-0.05, 0) is 32.4 Å². The maximum atomic E-state index is 11.6. The molecule has 0 saturated heterocycles. The van der Waals surface area contributed by atoms with Gasteiger partial charge < -0.3 is 10.2 Å². The monoisotopic (exact) mass is 212 g/mol. The molecular formula is C12H24N2O. The minimum Gasteiger partial charge on any atom is -0.346 e. The summed E-state index contributed by atoms with van der Waals surface area (Å²) >= 11 is 0. The van der Waals surface area contributed by atoms with E-state index in [1.54, 1.807) is 0 Å². The molecule has 1 aliphatic rings. The van der Waals surface area contributed by atoms with Crippen LogP contribution in [0.2, 0.25) is 0 Å². The molecule has 3 nitrogen and oxygen atoms in total. The van der Waals surface area contributed by atoms with Crippen LogP contribution in [0.25, 0.3) is 0 Å². The third-order valence-corrected chi connectivity index (χ3v) is 3.34. The van der Waals surface area contributed by atoms with Crippen molar-refractivity contribution in [3.05, 3.63) is 0 Å². The van der Waals surface area contributed by atoms with E-state index in [0.29, 0.717) is 12.3 Å². The van der Waals surface area contributed by atoms with Crippen LogP contribution in [-0.2, 0) is 4.79 Å².